The lowest BCUT2D eigenvalue weighted by atomic mass is 10.2. The molecule has 1 aliphatic rings. The van der Waals surface area contributed by atoms with E-state index in [0.717, 1.165) is 54.0 Å². The van der Waals surface area contributed by atoms with Gasteiger partial charge in [0.15, 0.2) is 0 Å². The minimum absolute atomic E-state index is 0.210. The number of ether oxygens (including phenoxy) is 1. The zero-order valence-electron chi connectivity index (χ0n) is 10.5. The Morgan fingerprint density at radius 3 is 2.84 bits per heavy atom. The Morgan fingerprint density at radius 2 is 2.05 bits per heavy atom. The minimum Gasteiger partial charge on any atom is -0.379 e. The Kier molecular flexibility index (Phi) is 3.99. The van der Waals surface area contributed by atoms with Gasteiger partial charge in [-0.3, -0.25) is 9.58 Å². The van der Waals surface area contributed by atoms with Crippen molar-refractivity contribution in [1.82, 2.24) is 14.7 Å². The molecule has 1 saturated heterocycles. The first-order valence-corrected chi connectivity index (χ1v) is 7.43. The second kappa shape index (κ2) is 5.72. The molecule has 0 unspecified atom stereocenters. The van der Waals surface area contributed by atoms with Crippen LogP contribution in [0.3, 0.4) is 0 Å². The first-order chi connectivity index (χ1) is 9.24. The number of aromatic nitrogens is 2. The Bertz CT molecular complexity index is 581. The number of fused-ring (bicyclic) bond motifs is 1. The summed E-state index contributed by atoms with van der Waals surface area (Å²) in [4.78, 5) is 2.37. The highest BCUT2D eigenvalue weighted by atomic mass is 127. The molecule has 4 nitrogen and oxygen atoms in total. The highest BCUT2D eigenvalue weighted by Crippen LogP contribution is 2.21. The molecule has 0 aliphatic carbocycles. The normalized spacial score (nSPS) is 17.2. The van der Waals surface area contributed by atoms with Crippen LogP contribution in [0.15, 0.2) is 18.2 Å². The van der Waals surface area contributed by atoms with Crippen molar-refractivity contribution in [2.24, 2.45) is 0 Å². The second-order valence-electron chi connectivity index (χ2n) is 4.63. The van der Waals surface area contributed by atoms with Crippen LogP contribution in [0.2, 0.25) is 0 Å². The van der Waals surface area contributed by atoms with Crippen LogP contribution in [-0.2, 0) is 11.3 Å². The average molecular weight is 375 g/mol. The summed E-state index contributed by atoms with van der Waals surface area (Å²) in [5.74, 6) is -0.210. The topological polar surface area (TPSA) is 30.3 Å². The standard InChI is InChI=1S/C13H15FIN3O/c14-10-1-2-12-11(9-10)13(15)16-18(12)4-3-17-5-7-19-8-6-17/h1-2,9H,3-8H2. The summed E-state index contributed by atoms with van der Waals surface area (Å²) < 4.78 is 21.4. The maximum absolute atomic E-state index is 13.2. The van der Waals surface area contributed by atoms with Crippen LogP contribution in [0.4, 0.5) is 4.39 Å². The first-order valence-electron chi connectivity index (χ1n) is 6.36. The monoisotopic (exact) mass is 375 g/mol. The van der Waals surface area contributed by atoms with E-state index in [2.05, 4.69) is 32.6 Å². The molecule has 0 spiro atoms. The van der Waals surface area contributed by atoms with Crippen molar-refractivity contribution in [3.8, 4) is 0 Å². The van der Waals surface area contributed by atoms with Crippen molar-refractivity contribution in [1.29, 1.82) is 0 Å². The van der Waals surface area contributed by atoms with Crippen molar-refractivity contribution >= 4 is 33.5 Å². The fourth-order valence-electron chi connectivity index (χ4n) is 2.34. The lowest BCUT2D eigenvalue weighted by molar-refractivity contribution is 0.0361. The molecule has 0 N–H and O–H groups in total. The van der Waals surface area contributed by atoms with Gasteiger partial charge in [0, 0.05) is 25.0 Å². The van der Waals surface area contributed by atoms with Crippen LogP contribution < -0.4 is 0 Å². The zero-order valence-corrected chi connectivity index (χ0v) is 12.6. The van der Waals surface area contributed by atoms with E-state index in [1.165, 1.54) is 6.07 Å². The molecule has 1 aromatic carbocycles. The summed E-state index contributed by atoms with van der Waals surface area (Å²) in [6.45, 7) is 5.35. The van der Waals surface area contributed by atoms with Gasteiger partial charge in [-0.05, 0) is 40.8 Å². The third-order valence-corrected chi connectivity index (χ3v) is 4.20. The van der Waals surface area contributed by atoms with Crippen LogP contribution in [0.25, 0.3) is 10.9 Å². The molecule has 6 heteroatoms. The van der Waals surface area contributed by atoms with Gasteiger partial charge in [0.1, 0.15) is 9.52 Å². The van der Waals surface area contributed by atoms with Crippen molar-refractivity contribution in [3.05, 3.63) is 27.7 Å². The van der Waals surface area contributed by atoms with Gasteiger partial charge >= 0.3 is 0 Å². The third-order valence-electron chi connectivity index (χ3n) is 3.40. The maximum Gasteiger partial charge on any atom is 0.131 e. The van der Waals surface area contributed by atoms with Gasteiger partial charge in [0.2, 0.25) is 0 Å². The summed E-state index contributed by atoms with van der Waals surface area (Å²) in [6, 6.07) is 4.85. The van der Waals surface area contributed by atoms with Crippen LogP contribution in [-0.4, -0.2) is 47.5 Å². The molecule has 0 bridgehead atoms. The second-order valence-corrected chi connectivity index (χ2v) is 5.65. The fraction of sp³-hybridized carbons (Fsp3) is 0.462. The lowest BCUT2D eigenvalue weighted by Crippen LogP contribution is -2.38. The molecular formula is C13H15FIN3O. The van der Waals surface area contributed by atoms with Crippen molar-refractivity contribution in [3.63, 3.8) is 0 Å². The first kappa shape index (κ1) is 13.3. The predicted molar refractivity (Wildman–Crippen MR) is 79.7 cm³/mol. The van der Waals surface area contributed by atoms with Crippen molar-refractivity contribution in [2.45, 2.75) is 6.54 Å². The molecule has 0 saturated carbocycles. The Morgan fingerprint density at radius 1 is 1.26 bits per heavy atom. The molecule has 0 radical (unpaired) electrons. The maximum atomic E-state index is 13.2. The molecule has 1 aliphatic heterocycles. The number of morpholine rings is 1. The van der Waals surface area contributed by atoms with E-state index < -0.39 is 0 Å². The molecule has 102 valence electrons. The molecule has 3 rings (SSSR count). The molecule has 1 aromatic heterocycles. The quantitative estimate of drug-likeness (QED) is 0.770. The van der Waals surface area contributed by atoms with Gasteiger partial charge in [-0.15, -0.1) is 0 Å². The third kappa shape index (κ3) is 2.90. The van der Waals surface area contributed by atoms with Gasteiger partial charge in [0.25, 0.3) is 0 Å². The SMILES string of the molecule is Fc1ccc2c(c1)c(I)nn2CCN1CCOCC1. The number of benzene rings is 1. The number of nitrogens with zero attached hydrogens (tertiary/aromatic N) is 3. The molecule has 19 heavy (non-hydrogen) atoms. The van der Waals surface area contributed by atoms with Crippen LogP contribution >= 0.6 is 22.6 Å². The molecular weight excluding hydrogens is 360 g/mol. The van der Waals surface area contributed by atoms with E-state index in [9.17, 15) is 4.39 Å². The van der Waals surface area contributed by atoms with E-state index >= 15 is 0 Å². The number of halogens is 2. The molecule has 1 fully saturated rings. The Hall–Kier alpha value is -0.730. The van der Waals surface area contributed by atoms with E-state index in [0.29, 0.717) is 0 Å². The highest BCUT2D eigenvalue weighted by Gasteiger charge is 2.13. The molecule has 0 atom stereocenters. The van der Waals surface area contributed by atoms with Gasteiger partial charge in [-0.1, -0.05) is 0 Å². The largest absolute Gasteiger partial charge is 0.379 e. The summed E-state index contributed by atoms with van der Waals surface area (Å²) in [7, 11) is 0. The Labute approximate surface area is 124 Å². The van der Waals surface area contributed by atoms with Gasteiger partial charge in [-0.25, -0.2) is 4.39 Å². The number of hydrogen-bond acceptors (Lipinski definition) is 3. The molecule has 0 amide bonds. The number of hydrogen-bond donors (Lipinski definition) is 0. The summed E-state index contributed by atoms with van der Waals surface area (Å²) in [5.41, 5.74) is 0.999. The van der Waals surface area contributed by atoms with Crippen LogP contribution in [0.5, 0.6) is 0 Å². The summed E-state index contributed by atoms with van der Waals surface area (Å²) >= 11 is 2.16. The fourth-order valence-corrected chi connectivity index (χ4v) is 3.04. The average Bonchev–Trinajstić information content (AvgIpc) is 2.74. The van der Waals surface area contributed by atoms with E-state index in [1.807, 2.05) is 4.68 Å². The summed E-state index contributed by atoms with van der Waals surface area (Å²) in [6.07, 6.45) is 0. The summed E-state index contributed by atoms with van der Waals surface area (Å²) in [5, 5.41) is 5.39. The molecule has 2 aromatic rings. The van der Waals surface area contributed by atoms with E-state index in [-0.39, 0.29) is 5.82 Å². The molecule has 2 heterocycles. The van der Waals surface area contributed by atoms with Crippen molar-refractivity contribution < 1.29 is 9.13 Å². The Balaban J connectivity index is 1.77. The van der Waals surface area contributed by atoms with Crippen LogP contribution in [0, 0.1) is 9.52 Å². The minimum atomic E-state index is -0.210. The number of rotatable bonds is 3. The van der Waals surface area contributed by atoms with E-state index in [4.69, 9.17) is 4.74 Å². The van der Waals surface area contributed by atoms with Crippen molar-refractivity contribution in [2.75, 3.05) is 32.8 Å². The van der Waals surface area contributed by atoms with E-state index in [1.54, 1.807) is 12.1 Å². The van der Waals surface area contributed by atoms with Gasteiger partial charge < -0.3 is 4.74 Å². The lowest BCUT2D eigenvalue weighted by Gasteiger charge is -2.26. The highest BCUT2D eigenvalue weighted by molar-refractivity contribution is 14.1. The smallest absolute Gasteiger partial charge is 0.131 e. The zero-order chi connectivity index (χ0) is 13.2. The predicted octanol–water partition coefficient (Wildman–Crippen LogP) is 2.11. The van der Waals surface area contributed by atoms with Gasteiger partial charge in [0.05, 0.1) is 25.3 Å². The van der Waals surface area contributed by atoms with Gasteiger partial charge in [-0.2, -0.15) is 5.10 Å². The van der Waals surface area contributed by atoms with Crippen LogP contribution in [0.1, 0.15) is 0 Å².